The Bertz CT molecular complexity index is 309. The number of anilines is 1. The molecular formula is C9H11BrClFN2. The van der Waals surface area contributed by atoms with Crippen LogP contribution in [0, 0.1) is 11.7 Å². The number of alkyl halides is 1. The van der Waals surface area contributed by atoms with E-state index in [2.05, 4.69) is 26.2 Å². The van der Waals surface area contributed by atoms with Gasteiger partial charge in [-0.2, -0.15) is 0 Å². The molecule has 5 heteroatoms. The molecule has 0 fully saturated rings. The van der Waals surface area contributed by atoms with Gasteiger partial charge in [-0.25, -0.2) is 9.37 Å². The van der Waals surface area contributed by atoms with Gasteiger partial charge in [0.2, 0.25) is 0 Å². The van der Waals surface area contributed by atoms with Gasteiger partial charge in [-0.1, -0.05) is 6.92 Å². The van der Waals surface area contributed by atoms with Crippen molar-refractivity contribution in [3.05, 3.63) is 22.6 Å². The van der Waals surface area contributed by atoms with Gasteiger partial charge in [-0.15, -0.1) is 11.6 Å². The van der Waals surface area contributed by atoms with Crippen LogP contribution in [0.25, 0.3) is 0 Å². The highest BCUT2D eigenvalue weighted by molar-refractivity contribution is 9.10. The standard InChI is InChI=1S/C9H11BrClFN2/c1-6(3-11)4-13-9-8(12)2-7(10)5-14-9/h2,5-6H,3-4H2,1H3,(H,13,14). The molecule has 0 aliphatic rings. The van der Waals surface area contributed by atoms with Crippen LogP contribution >= 0.6 is 27.5 Å². The first-order chi connectivity index (χ1) is 6.63. The topological polar surface area (TPSA) is 24.9 Å². The molecule has 0 amide bonds. The largest absolute Gasteiger partial charge is 0.367 e. The van der Waals surface area contributed by atoms with E-state index < -0.39 is 0 Å². The summed E-state index contributed by atoms with van der Waals surface area (Å²) in [4.78, 5) is 3.91. The van der Waals surface area contributed by atoms with Crippen molar-refractivity contribution in [3.63, 3.8) is 0 Å². The predicted molar refractivity (Wildman–Crippen MR) is 60.3 cm³/mol. The smallest absolute Gasteiger partial charge is 0.166 e. The first-order valence-corrected chi connectivity index (χ1v) is 5.57. The minimum atomic E-state index is -0.360. The highest BCUT2D eigenvalue weighted by Crippen LogP contribution is 2.16. The fourth-order valence-corrected chi connectivity index (χ4v) is 1.28. The summed E-state index contributed by atoms with van der Waals surface area (Å²) >= 11 is 8.76. The van der Waals surface area contributed by atoms with Gasteiger partial charge in [0.05, 0.1) is 0 Å². The van der Waals surface area contributed by atoms with E-state index >= 15 is 0 Å². The summed E-state index contributed by atoms with van der Waals surface area (Å²) in [5, 5.41) is 2.90. The molecule has 1 unspecified atom stereocenters. The lowest BCUT2D eigenvalue weighted by Crippen LogP contribution is -2.14. The molecule has 14 heavy (non-hydrogen) atoms. The van der Waals surface area contributed by atoms with Crippen LogP contribution in [0.5, 0.6) is 0 Å². The average molecular weight is 282 g/mol. The van der Waals surface area contributed by atoms with E-state index in [0.29, 0.717) is 22.8 Å². The highest BCUT2D eigenvalue weighted by atomic mass is 79.9. The van der Waals surface area contributed by atoms with Gasteiger partial charge in [-0.3, -0.25) is 0 Å². The average Bonchev–Trinajstić information content (AvgIpc) is 2.16. The summed E-state index contributed by atoms with van der Waals surface area (Å²) in [7, 11) is 0. The normalized spacial score (nSPS) is 12.6. The summed E-state index contributed by atoms with van der Waals surface area (Å²) in [6.45, 7) is 2.60. The van der Waals surface area contributed by atoms with E-state index in [1.54, 1.807) is 6.20 Å². The van der Waals surface area contributed by atoms with Gasteiger partial charge in [0.25, 0.3) is 0 Å². The number of pyridine rings is 1. The zero-order valence-corrected chi connectivity index (χ0v) is 10.1. The first-order valence-electron chi connectivity index (χ1n) is 4.24. The zero-order chi connectivity index (χ0) is 10.6. The molecule has 0 spiro atoms. The van der Waals surface area contributed by atoms with E-state index in [9.17, 15) is 4.39 Å². The maximum atomic E-state index is 13.2. The molecule has 0 aromatic carbocycles. The molecule has 0 saturated heterocycles. The molecular weight excluding hydrogens is 270 g/mol. The third-order valence-electron chi connectivity index (χ3n) is 1.69. The summed E-state index contributed by atoms with van der Waals surface area (Å²) in [6.07, 6.45) is 1.55. The SMILES string of the molecule is CC(CCl)CNc1ncc(Br)cc1F. The summed E-state index contributed by atoms with van der Waals surface area (Å²) in [5.41, 5.74) is 0. The monoisotopic (exact) mass is 280 g/mol. The molecule has 0 aliphatic carbocycles. The van der Waals surface area contributed by atoms with Crippen LogP contribution < -0.4 is 5.32 Å². The molecule has 0 aliphatic heterocycles. The van der Waals surface area contributed by atoms with Crippen LogP contribution in [-0.4, -0.2) is 17.4 Å². The molecule has 1 aromatic heterocycles. The molecule has 1 aromatic rings. The number of hydrogen-bond acceptors (Lipinski definition) is 2. The molecule has 0 radical (unpaired) electrons. The molecule has 1 N–H and O–H groups in total. The number of aromatic nitrogens is 1. The van der Waals surface area contributed by atoms with Crippen molar-refractivity contribution < 1.29 is 4.39 Å². The van der Waals surface area contributed by atoms with Crippen molar-refractivity contribution in [2.45, 2.75) is 6.92 Å². The van der Waals surface area contributed by atoms with Gasteiger partial charge in [0.15, 0.2) is 11.6 Å². The third-order valence-corrected chi connectivity index (χ3v) is 2.65. The van der Waals surface area contributed by atoms with E-state index in [1.165, 1.54) is 6.07 Å². The maximum absolute atomic E-state index is 13.2. The first kappa shape index (κ1) is 11.7. The number of halogens is 3. The number of nitrogens with one attached hydrogen (secondary N) is 1. The van der Waals surface area contributed by atoms with Crippen LogP contribution in [0.3, 0.4) is 0 Å². The van der Waals surface area contributed by atoms with Crippen molar-refractivity contribution in [1.82, 2.24) is 4.98 Å². The van der Waals surface area contributed by atoms with E-state index in [1.807, 2.05) is 6.92 Å². The minimum absolute atomic E-state index is 0.269. The van der Waals surface area contributed by atoms with E-state index in [4.69, 9.17) is 11.6 Å². The second-order valence-corrected chi connectivity index (χ2v) is 4.35. The maximum Gasteiger partial charge on any atom is 0.166 e. The van der Waals surface area contributed by atoms with Crippen molar-refractivity contribution >= 4 is 33.3 Å². The summed E-state index contributed by atoms with van der Waals surface area (Å²) in [6, 6.07) is 1.38. The minimum Gasteiger partial charge on any atom is -0.367 e. The Morgan fingerprint density at radius 1 is 1.71 bits per heavy atom. The quantitative estimate of drug-likeness (QED) is 0.857. The van der Waals surface area contributed by atoms with Crippen molar-refractivity contribution in [1.29, 1.82) is 0 Å². The molecule has 1 atom stereocenters. The zero-order valence-electron chi connectivity index (χ0n) is 7.73. The summed E-state index contributed by atoms with van der Waals surface area (Å²) < 4.78 is 13.8. The Morgan fingerprint density at radius 2 is 2.43 bits per heavy atom. The van der Waals surface area contributed by atoms with Crippen molar-refractivity contribution in [2.24, 2.45) is 5.92 Å². The van der Waals surface area contributed by atoms with Gasteiger partial charge >= 0.3 is 0 Å². The van der Waals surface area contributed by atoms with Gasteiger partial charge in [-0.05, 0) is 27.9 Å². The lowest BCUT2D eigenvalue weighted by molar-refractivity contribution is 0.617. The van der Waals surface area contributed by atoms with Crippen LogP contribution in [0.4, 0.5) is 10.2 Å². The molecule has 0 saturated carbocycles. The molecule has 78 valence electrons. The van der Waals surface area contributed by atoms with Gasteiger partial charge in [0, 0.05) is 23.1 Å². The van der Waals surface area contributed by atoms with Crippen molar-refractivity contribution in [3.8, 4) is 0 Å². The predicted octanol–water partition coefficient (Wildman–Crippen LogP) is 3.27. The van der Waals surface area contributed by atoms with Crippen LogP contribution in [0.1, 0.15) is 6.92 Å². The molecule has 1 heterocycles. The number of hydrogen-bond donors (Lipinski definition) is 1. The fraction of sp³-hybridized carbons (Fsp3) is 0.444. The van der Waals surface area contributed by atoms with Crippen LogP contribution in [0.15, 0.2) is 16.7 Å². The highest BCUT2D eigenvalue weighted by Gasteiger charge is 2.05. The Morgan fingerprint density at radius 3 is 3.00 bits per heavy atom. The van der Waals surface area contributed by atoms with Gasteiger partial charge in [0.1, 0.15) is 0 Å². The Kier molecular flexibility index (Phi) is 4.62. The lowest BCUT2D eigenvalue weighted by Gasteiger charge is -2.10. The van der Waals surface area contributed by atoms with E-state index in [-0.39, 0.29) is 11.6 Å². The van der Waals surface area contributed by atoms with Gasteiger partial charge < -0.3 is 5.32 Å². The summed E-state index contributed by atoms with van der Waals surface area (Å²) in [5.74, 6) is 0.748. The second kappa shape index (κ2) is 5.51. The van der Waals surface area contributed by atoms with Crippen LogP contribution in [0.2, 0.25) is 0 Å². The Balaban J connectivity index is 2.59. The third kappa shape index (κ3) is 3.42. The Hall–Kier alpha value is -0.350. The van der Waals surface area contributed by atoms with Crippen molar-refractivity contribution in [2.75, 3.05) is 17.7 Å². The van der Waals surface area contributed by atoms with Crippen LogP contribution in [-0.2, 0) is 0 Å². The van der Waals surface area contributed by atoms with E-state index in [0.717, 1.165) is 0 Å². The second-order valence-electron chi connectivity index (χ2n) is 3.12. The molecule has 1 rings (SSSR count). The number of nitrogens with zero attached hydrogens (tertiary/aromatic N) is 1. The molecule has 2 nitrogen and oxygen atoms in total. The number of rotatable bonds is 4. The fourth-order valence-electron chi connectivity index (χ4n) is 0.870. The Labute approximate surface area is 96.0 Å². The molecule has 0 bridgehead atoms. The lowest BCUT2D eigenvalue weighted by atomic mass is 10.2.